The van der Waals surface area contributed by atoms with Gasteiger partial charge in [0.25, 0.3) is 0 Å². The molecule has 0 bridgehead atoms. The highest BCUT2D eigenvalue weighted by molar-refractivity contribution is 5.73. The molecule has 6 fully saturated rings. The minimum atomic E-state index is -2.07. The molecule has 3 saturated heterocycles. The van der Waals surface area contributed by atoms with Crippen LogP contribution >= 0.6 is 0 Å². The average Bonchev–Trinajstić information content (AvgIpc) is 3.55. The molecule has 7 aliphatic rings. The maximum Gasteiger partial charge on any atom is 0.335 e. The number of aliphatic hydroxyl groups is 12. The first-order chi connectivity index (χ1) is 31.3. The van der Waals surface area contributed by atoms with Gasteiger partial charge in [-0.25, -0.2) is 4.79 Å². The fraction of sp³-hybridized carbons (Fsp3) is 0.936. The Morgan fingerprint density at radius 2 is 1.33 bits per heavy atom. The Kier molecular flexibility index (Phi) is 15.5. The summed E-state index contributed by atoms with van der Waals surface area (Å²) in [5.74, 6) is -1.39. The summed E-state index contributed by atoms with van der Waals surface area (Å²) in [5.41, 5.74) is -2.30. The highest BCUT2D eigenvalue weighted by Crippen LogP contribution is 2.74. The third-order valence-electron chi connectivity index (χ3n) is 18.4. The van der Waals surface area contributed by atoms with E-state index in [0.717, 1.165) is 18.4 Å². The lowest BCUT2D eigenvalue weighted by molar-refractivity contribution is -0.377. The molecule has 24 atom stereocenters. The Bertz CT molecular complexity index is 1770. The molecular weight excluding hydrogens is 884 g/mol. The Morgan fingerprint density at radius 1 is 0.746 bits per heavy atom. The highest BCUT2D eigenvalue weighted by atomic mass is 16.8. The van der Waals surface area contributed by atoms with Crippen LogP contribution in [0.5, 0.6) is 0 Å². The zero-order chi connectivity index (χ0) is 49.5. The lowest BCUT2D eigenvalue weighted by atomic mass is 9.34. The van der Waals surface area contributed by atoms with E-state index in [-0.39, 0.29) is 48.7 Å². The Labute approximate surface area is 391 Å². The van der Waals surface area contributed by atoms with Crippen molar-refractivity contribution in [1.82, 2.24) is 0 Å². The van der Waals surface area contributed by atoms with Crippen LogP contribution in [-0.4, -0.2) is 203 Å². The second-order valence-corrected chi connectivity index (χ2v) is 22.5. The van der Waals surface area contributed by atoms with Crippen LogP contribution in [0.15, 0.2) is 11.6 Å². The third-order valence-corrected chi connectivity index (χ3v) is 18.4. The van der Waals surface area contributed by atoms with Crippen LogP contribution in [0.4, 0.5) is 0 Å². The molecule has 7 rings (SSSR count). The van der Waals surface area contributed by atoms with E-state index in [1.807, 2.05) is 13.8 Å². The molecule has 0 aromatic rings. The van der Waals surface area contributed by atoms with Crippen molar-refractivity contribution in [3.8, 4) is 0 Å². The normalized spacial score (nSPS) is 52.0. The Hall–Kier alpha value is -1.51. The van der Waals surface area contributed by atoms with E-state index >= 15 is 0 Å². The molecule has 24 unspecified atom stereocenters. The van der Waals surface area contributed by atoms with Crippen LogP contribution in [0.25, 0.3) is 0 Å². The molecule has 20 nitrogen and oxygen atoms in total. The quantitative estimate of drug-likeness (QED) is 0.0696. The largest absolute Gasteiger partial charge is 0.479 e. The summed E-state index contributed by atoms with van der Waals surface area (Å²) >= 11 is 0. The van der Waals surface area contributed by atoms with Crippen molar-refractivity contribution in [3.63, 3.8) is 0 Å². The zero-order valence-electron chi connectivity index (χ0n) is 39.7. The summed E-state index contributed by atoms with van der Waals surface area (Å²) < 4.78 is 35.3. The molecule has 0 aromatic carbocycles. The summed E-state index contributed by atoms with van der Waals surface area (Å²) in [6.07, 6.45) is -21.8. The first kappa shape index (κ1) is 53.3. The van der Waals surface area contributed by atoms with Gasteiger partial charge in [0.15, 0.2) is 25.0 Å². The van der Waals surface area contributed by atoms with Crippen molar-refractivity contribution in [2.75, 3.05) is 26.4 Å². The van der Waals surface area contributed by atoms with Gasteiger partial charge in [0.05, 0.1) is 38.1 Å². The minimum absolute atomic E-state index is 0.0340. The summed E-state index contributed by atoms with van der Waals surface area (Å²) in [6, 6.07) is 0. The number of fused-ring (bicyclic) bond motifs is 5. The molecule has 0 spiro atoms. The molecule has 386 valence electrons. The van der Waals surface area contributed by atoms with Crippen molar-refractivity contribution in [2.45, 2.75) is 198 Å². The van der Waals surface area contributed by atoms with Gasteiger partial charge in [-0.1, -0.05) is 60.1 Å². The zero-order valence-corrected chi connectivity index (χ0v) is 39.7. The maximum absolute atomic E-state index is 12.6. The van der Waals surface area contributed by atoms with Crippen LogP contribution in [0.2, 0.25) is 0 Å². The van der Waals surface area contributed by atoms with Crippen molar-refractivity contribution in [2.24, 2.45) is 50.7 Å². The number of carbonyl (C=O) groups is 1. The summed E-state index contributed by atoms with van der Waals surface area (Å²) in [4.78, 5) is 12.6. The number of carboxylic acids is 1. The van der Waals surface area contributed by atoms with E-state index in [9.17, 15) is 71.2 Å². The number of rotatable bonds is 14. The molecule has 0 aromatic heterocycles. The molecule has 13 N–H and O–H groups in total. The lowest BCUT2D eigenvalue weighted by Gasteiger charge is -2.71. The van der Waals surface area contributed by atoms with E-state index in [4.69, 9.17) is 28.4 Å². The summed E-state index contributed by atoms with van der Waals surface area (Å²) in [6.45, 7) is 12.9. The topological polar surface area (TPSA) is 335 Å². The molecular formula is C47H78O20. The van der Waals surface area contributed by atoms with Gasteiger partial charge < -0.3 is 94.8 Å². The van der Waals surface area contributed by atoms with Gasteiger partial charge in [-0.3, -0.25) is 0 Å². The summed E-state index contributed by atoms with van der Waals surface area (Å²) in [5, 5.41) is 141. The fourth-order valence-electron chi connectivity index (χ4n) is 14.3. The van der Waals surface area contributed by atoms with Crippen LogP contribution < -0.4 is 0 Å². The van der Waals surface area contributed by atoms with Gasteiger partial charge in [0.2, 0.25) is 0 Å². The van der Waals surface area contributed by atoms with Gasteiger partial charge >= 0.3 is 5.97 Å². The Morgan fingerprint density at radius 3 is 1.90 bits per heavy atom. The molecule has 3 aliphatic heterocycles. The van der Waals surface area contributed by atoms with E-state index in [0.29, 0.717) is 25.7 Å². The van der Waals surface area contributed by atoms with E-state index in [1.165, 1.54) is 0 Å². The number of aliphatic carboxylic acids is 1. The predicted octanol–water partition coefficient (Wildman–Crippen LogP) is -1.49. The summed E-state index contributed by atoms with van der Waals surface area (Å²) in [7, 11) is 0. The molecule has 0 amide bonds. The van der Waals surface area contributed by atoms with Crippen molar-refractivity contribution in [3.05, 3.63) is 11.6 Å². The SMILES string of the molecule is CC(C)C1CCC2(C)C(CC=C3C4CC(C)(C)C(O)C(O)C4(CO)CC(O)C32C)C1(C)CCCOC1OC(C(=O)O)C(O)C(OC2OC(CO)C(O)C2O)C1OC1OC(CO)C(O)C(O)C1O. The number of hydrogen-bond donors (Lipinski definition) is 13. The standard InChI is InChI=1S/C47H78O20/c1-20(2)21-11-13-45(6)26(10-9-22-23-15-43(3,4)37(58)38(59)47(23,19-50)16-27(51)46(22,45)7)44(21,5)12-8-14-62-42-36(67-41-32(56)30(54)28(52)24(17-48)63-41)34(33(57)35(66-42)39(60)61)65-40-31(55)29(53)25(18-49)64-40/h9,20-21,23-38,40-42,48-59H,8,10-19H2,1-7H3,(H,60,61). The lowest BCUT2D eigenvalue weighted by Crippen LogP contribution is -2.70. The number of carboxylic acid groups (broad SMARTS) is 1. The van der Waals surface area contributed by atoms with E-state index in [2.05, 4.69) is 40.7 Å². The molecule has 4 aliphatic carbocycles. The third kappa shape index (κ3) is 8.56. The van der Waals surface area contributed by atoms with Crippen molar-refractivity contribution >= 4 is 5.97 Å². The average molecular weight is 963 g/mol. The molecule has 0 radical (unpaired) electrons. The molecule has 3 saturated carbocycles. The number of ether oxygens (including phenoxy) is 6. The predicted molar refractivity (Wildman–Crippen MR) is 231 cm³/mol. The molecule has 20 heteroatoms. The highest BCUT2D eigenvalue weighted by Gasteiger charge is 2.71. The number of aliphatic hydroxyl groups excluding tert-OH is 12. The van der Waals surface area contributed by atoms with Gasteiger partial charge in [-0.15, -0.1) is 0 Å². The molecule has 67 heavy (non-hydrogen) atoms. The van der Waals surface area contributed by atoms with E-state index in [1.54, 1.807) is 0 Å². The monoisotopic (exact) mass is 963 g/mol. The van der Waals surface area contributed by atoms with Gasteiger partial charge in [-0.05, 0) is 84.9 Å². The fourth-order valence-corrected chi connectivity index (χ4v) is 14.3. The van der Waals surface area contributed by atoms with Crippen LogP contribution in [-0.2, 0) is 33.2 Å². The first-order valence-corrected chi connectivity index (χ1v) is 24.1. The van der Waals surface area contributed by atoms with E-state index < -0.39 is 145 Å². The van der Waals surface area contributed by atoms with Gasteiger partial charge in [-0.2, -0.15) is 0 Å². The second-order valence-electron chi connectivity index (χ2n) is 22.5. The minimum Gasteiger partial charge on any atom is -0.479 e. The number of allylic oxidation sites excluding steroid dienone is 1. The van der Waals surface area contributed by atoms with Gasteiger partial charge in [0.1, 0.15) is 61.0 Å². The van der Waals surface area contributed by atoms with Crippen LogP contribution in [0.1, 0.15) is 93.4 Å². The molecule has 3 heterocycles. The maximum atomic E-state index is 12.6. The van der Waals surface area contributed by atoms with Crippen LogP contribution in [0, 0.1) is 50.7 Å². The first-order valence-electron chi connectivity index (χ1n) is 24.1. The van der Waals surface area contributed by atoms with Crippen molar-refractivity contribution in [1.29, 1.82) is 0 Å². The van der Waals surface area contributed by atoms with Crippen LogP contribution in [0.3, 0.4) is 0 Å². The Balaban J connectivity index is 1.17. The smallest absolute Gasteiger partial charge is 0.335 e. The van der Waals surface area contributed by atoms with Crippen molar-refractivity contribution < 1.29 is 99.6 Å². The number of hydrogen-bond acceptors (Lipinski definition) is 19. The second kappa shape index (κ2) is 19.5. The van der Waals surface area contributed by atoms with Gasteiger partial charge in [0, 0.05) is 17.4 Å².